The first kappa shape index (κ1) is 8.62. The van der Waals surface area contributed by atoms with Crippen LogP contribution >= 0.6 is 0 Å². The van der Waals surface area contributed by atoms with E-state index in [4.69, 9.17) is 0 Å². The first-order valence-corrected chi connectivity index (χ1v) is 4.34. The third kappa shape index (κ3) is 2.26. The van der Waals surface area contributed by atoms with Gasteiger partial charge in [0.1, 0.15) is 12.1 Å². The predicted octanol–water partition coefficient (Wildman–Crippen LogP) is 1.48. The van der Waals surface area contributed by atoms with Crippen molar-refractivity contribution in [2.24, 2.45) is 0 Å². The fourth-order valence-corrected chi connectivity index (χ4v) is 1.08. The van der Waals surface area contributed by atoms with Gasteiger partial charge in [0, 0.05) is 30.7 Å². The van der Waals surface area contributed by atoms with E-state index in [1.54, 1.807) is 18.6 Å². The van der Waals surface area contributed by atoms with Crippen LogP contribution in [0.1, 0.15) is 5.56 Å². The van der Waals surface area contributed by atoms with Crippen LogP contribution in [-0.4, -0.2) is 15.0 Å². The third-order valence-corrected chi connectivity index (χ3v) is 1.75. The van der Waals surface area contributed by atoms with E-state index < -0.39 is 0 Å². The molecule has 0 aliphatic heterocycles. The van der Waals surface area contributed by atoms with Crippen molar-refractivity contribution >= 4 is 5.82 Å². The van der Waals surface area contributed by atoms with Crippen LogP contribution in [0.5, 0.6) is 0 Å². The van der Waals surface area contributed by atoms with Gasteiger partial charge in [-0.05, 0) is 12.1 Å². The lowest BCUT2D eigenvalue weighted by Gasteiger charge is -2.03. The minimum atomic E-state index is 0.692. The van der Waals surface area contributed by atoms with Gasteiger partial charge in [0.15, 0.2) is 0 Å². The average molecular weight is 186 g/mol. The number of rotatable bonds is 3. The molecule has 0 amide bonds. The molecule has 70 valence electrons. The molecule has 0 radical (unpaired) electrons. The number of nitrogens with zero attached hydrogens (tertiary/aromatic N) is 3. The molecule has 0 bridgehead atoms. The SMILES string of the molecule is c1ccc(NCc2cncnc2)nc1. The lowest BCUT2D eigenvalue weighted by atomic mass is 10.3. The van der Waals surface area contributed by atoms with Gasteiger partial charge in [-0.25, -0.2) is 15.0 Å². The van der Waals surface area contributed by atoms with Gasteiger partial charge in [0.05, 0.1) is 0 Å². The summed E-state index contributed by atoms with van der Waals surface area (Å²) in [6.07, 6.45) is 6.83. The molecule has 4 heteroatoms. The van der Waals surface area contributed by atoms with Gasteiger partial charge in [0.25, 0.3) is 0 Å². The van der Waals surface area contributed by atoms with Crippen molar-refractivity contribution in [3.05, 3.63) is 48.7 Å². The standard InChI is InChI=1S/C10H10N4/c1-2-4-13-10(3-1)14-7-9-5-11-8-12-6-9/h1-6,8H,7H2,(H,13,14). The number of aromatic nitrogens is 3. The summed E-state index contributed by atoms with van der Waals surface area (Å²) in [6, 6.07) is 5.75. The summed E-state index contributed by atoms with van der Waals surface area (Å²) in [6.45, 7) is 0.692. The molecule has 0 fully saturated rings. The lowest BCUT2D eigenvalue weighted by molar-refractivity contribution is 1.04. The Morgan fingerprint density at radius 1 is 1.14 bits per heavy atom. The van der Waals surface area contributed by atoms with Crippen molar-refractivity contribution in [2.45, 2.75) is 6.54 Å². The van der Waals surface area contributed by atoms with E-state index in [0.29, 0.717) is 6.54 Å². The van der Waals surface area contributed by atoms with Crippen LogP contribution in [0.25, 0.3) is 0 Å². The molecule has 0 aliphatic carbocycles. The van der Waals surface area contributed by atoms with E-state index in [0.717, 1.165) is 11.4 Å². The lowest BCUT2D eigenvalue weighted by Crippen LogP contribution is -2.01. The molecule has 0 unspecified atom stereocenters. The maximum atomic E-state index is 4.14. The minimum Gasteiger partial charge on any atom is -0.366 e. The largest absolute Gasteiger partial charge is 0.366 e. The molecule has 2 aromatic heterocycles. The summed E-state index contributed by atoms with van der Waals surface area (Å²) in [5, 5.41) is 3.17. The van der Waals surface area contributed by atoms with Gasteiger partial charge < -0.3 is 5.32 Å². The van der Waals surface area contributed by atoms with E-state index in [2.05, 4.69) is 20.3 Å². The van der Waals surface area contributed by atoms with Gasteiger partial charge in [-0.2, -0.15) is 0 Å². The van der Waals surface area contributed by atoms with Gasteiger partial charge in [-0.1, -0.05) is 6.07 Å². The zero-order valence-electron chi connectivity index (χ0n) is 7.59. The summed E-state index contributed by atoms with van der Waals surface area (Å²) in [7, 11) is 0. The molecule has 0 aliphatic rings. The van der Waals surface area contributed by atoms with Crippen LogP contribution in [0.15, 0.2) is 43.1 Å². The van der Waals surface area contributed by atoms with Crippen molar-refractivity contribution < 1.29 is 0 Å². The molecule has 0 atom stereocenters. The highest BCUT2D eigenvalue weighted by Crippen LogP contribution is 2.02. The highest BCUT2D eigenvalue weighted by molar-refractivity contribution is 5.33. The molecule has 4 nitrogen and oxygen atoms in total. The van der Waals surface area contributed by atoms with E-state index in [-0.39, 0.29) is 0 Å². The van der Waals surface area contributed by atoms with E-state index in [1.165, 1.54) is 6.33 Å². The molecule has 0 aromatic carbocycles. The van der Waals surface area contributed by atoms with Crippen molar-refractivity contribution in [3.63, 3.8) is 0 Å². The minimum absolute atomic E-state index is 0.692. The quantitative estimate of drug-likeness (QED) is 0.788. The Morgan fingerprint density at radius 3 is 2.71 bits per heavy atom. The molecule has 1 N–H and O–H groups in total. The number of hydrogen-bond donors (Lipinski definition) is 1. The molecule has 0 saturated heterocycles. The summed E-state index contributed by atoms with van der Waals surface area (Å²) >= 11 is 0. The monoisotopic (exact) mass is 186 g/mol. The van der Waals surface area contributed by atoms with Gasteiger partial charge >= 0.3 is 0 Å². The van der Waals surface area contributed by atoms with Crippen LogP contribution in [0.2, 0.25) is 0 Å². The average Bonchev–Trinajstić information content (AvgIpc) is 2.29. The highest BCUT2D eigenvalue weighted by atomic mass is 15.0. The Morgan fingerprint density at radius 2 is 2.00 bits per heavy atom. The summed E-state index contributed by atoms with van der Waals surface area (Å²) in [5.41, 5.74) is 1.04. The molecule has 2 aromatic rings. The molecule has 0 spiro atoms. The second kappa shape index (κ2) is 4.32. The maximum absolute atomic E-state index is 4.14. The van der Waals surface area contributed by atoms with Crippen molar-refractivity contribution in [2.75, 3.05) is 5.32 Å². The van der Waals surface area contributed by atoms with Crippen LogP contribution in [0.3, 0.4) is 0 Å². The topological polar surface area (TPSA) is 50.7 Å². The molecular formula is C10H10N4. The van der Waals surface area contributed by atoms with E-state index in [9.17, 15) is 0 Å². The Bertz CT molecular complexity index is 334. The summed E-state index contributed by atoms with van der Waals surface area (Å²) < 4.78 is 0. The van der Waals surface area contributed by atoms with Crippen LogP contribution in [0.4, 0.5) is 5.82 Å². The second-order valence-electron chi connectivity index (χ2n) is 2.82. The Balaban J connectivity index is 1.96. The molecule has 0 saturated carbocycles. The normalized spacial score (nSPS) is 9.71. The van der Waals surface area contributed by atoms with E-state index in [1.807, 2.05) is 18.2 Å². The molecular weight excluding hydrogens is 176 g/mol. The molecule has 2 rings (SSSR count). The van der Waals surface area contributed by atoms with Crippen molar-refractivity contribution in [1.29, 1.82) is 0 Å². The number of pyridine rings is 1. The highest BCUT2D eigenvalue weighted by Gasteiger charge is 1.93. The number of anilines is 1. The maximum Gasteiger partial charge on any atom is 0.126 e. The first-order valence-electron chi connectivity index (χ1n) is 4.34. The zero-order chi connectivity index (χ0) is 9.64. The van der Waals surface area contributed by atoms with E-state index >= 15 is 0 Å². The fraction of sp³-hybridized carbons (Fsp3) is 0.100. The van der Waals surface area contributed by atoms with Crippen LogP contribution < -0.4 is 5.32 Å². The number of hydrogen-bond acceptors (Lipinski definition) is 4. The second-order valence-corrected chi connectivity index (χ2v) is 2.82. The van der Waals surface area contributed by atoms with Crippen LogP contribution in [0, 0.1) is 0 Å². The summed E-state index contributed by atoms with van der Waals surface area (Å²) in [5.74, 6) is 0.858. The Labute approximate surface area is 82.1 Å². The van der Waals surface area contributed by atoms with Crippen molar-refractivity contribution in [1.82, 2.24) is 15.0 Å². The van der Waals surface area contributed by atoms with Crippen molar-refractivity contribution in [3.8, 4) is 0 Å². The van der Waals surface area contributed by atoms with Crippen LogP contribution in [-0.2, 0) is 6.54 Å². The Hall–Kier alpha value is -1.97. The fourth-order valence-electron chi connectivity index (χ4n) is 1.08. The smallest absolute Gasteiger partial charge is 0.126 e. The first-order chi connectivity index (χ1) is 6.95. The molecule has 2 heterocycles. The third-order valence-electron chi connectivity index (χ3n) is 1.75. The van der Waals surface area contributed by atoms with Gasteiger partial charge in [-0.3, -0.25) is 0 Å². The molecule has 14 heavy (non-hydrogen) atoms. The Kier molecular flexibility index (Phi) is 2.66. The predicted molar refractivity (Wildman–Crippen MR) is 53.6 cm³/mol. The van der Waals surface area contributed by atoms with Gasteiger partial charge in [0.2, 0.25) is 0 Å². The van der Waals surface area contributed by atoms with Gasteiger partial charge in [-0.15, -0.1) is 0 Å². The number of nitrogens with one attached hydrogen (secondary N) is 1. The zero-order valence-corrected chi connectivity index (χ0v) is 7.59. The summed E-state index contributed by atoms with van der Waals surface area (Å²) in [4.78, 5) is 12.0.